The summed E-state index contributed by atoms with van der Waals surface area (Å²) in [5.74, 6) is -0.686. The smallest absolute Gasteiger partial charge is 0.463 e. The van der Waals surface area contributed by atoms with Crippen LogP contribution in [0.15, 0.2) is 84.9 Å². The lowest BCUT2D eigenvalue weighted by Crippen LogP contribution is -2.18. The number of aromatic nitrogens is 1. The van der Waals surface area contributed by atoms with Gasteiger partial charge in [-0.05, 0) is 54.3 Å². The van der Waals surface area contributed by atoms with Crippen molar-refractivity contribution in [3.05, 3.63) is 107 Å². The molecule has 0 aliphatic rings. The molecule has 0 aliphatic heterocycles. The van der Waals surface area contributed by atoms with Crippen molar-refractivity contribution >= 4 is 34.1 Å². The fraction of sp³-hybridized carbons (Fsp3) is 0.167. The number of ether oxygens (including phenoxy) is 2. The zero-order chi connectivity index (χ0) is 26.4. The number of hydrogen-bond acceptors (Lipinski definition) is 3. The molecule has 0 spiro atoms. The van der Waals surface area contributed by atoms with E-state index in [1.54, 1.807) is 25.1 Å². The van der Waals surface area contributed by atoms with Crippen LogP contribution in [-0.2, 0) is 9.53 Å². The van der Waals surface area contributed by atoms with Crippen molar-refractivity contribution in [2.24, 2.45) is 0 Å². The van der Waals surface area contributed by atoms with E-state index < -0.39 is 12.3 Å². The number of carbonyl (C=O) groups excluding carboxylic acids is 1. The van der Waals surface area contributed by atoms with E-state index in [0.717, 1.165) is 33.3 Å². The number of benzene rings is 3. The molecular weight excluding hydrogens is 479 g/mol. The molecule has 190 valence electrons. The molecule has 4 nitrogen and oxygen atoms in total. The summed E-state index contributed by atoms with van der Waals surface area (Å²) >= 11 is 0. The number of H-pyrrole nitrogens is 1. The second-order valence-corrected chi connectivity index (χ2v) is 8.23. The van der Waals surface area contributed by atoms with Gasteiger partial charge in [-0.25, -0.2) is 4.79 Å². The number of hydrogen-bond donors (Lipinski definition) is 1. The highest BCUT2D eigenvalue weighted by Crippen LogP contribution is 2.40. The van der Waals surface area contributed by atoms with Crippen molar-refractivity contribution in [3.63, 3.8) is 0 Å². The van der Waals surface area contributed by atoms with Crippen LogP contribution in [0.3, 0.4) is 0 Å². The number of nitrogens with one attached hydrogen (secondary N) is 1. The Hall–Kier alpha value is -4.26. The number of fused-ring (bicyclic) bond motifs is 1. The number of para-hydroxylation sites is 2. The van der Waals surface area contributed by atoms with Crippen LogP contribution >= 0.6 is 0 Å². The molecule has 0 aliphatic carbocycles. The van der Waals surface area contributed by atoms with Crippen molar-refractivity contribution in [2.75, 3.05) is 6.61 Å². The number of allylic oxidation sites excluding steroid dienone is 1. The summed E-state index contributed by atoms with van der Waals surface area (Å²) < 4.78 is 49.0. The van der Waals surface area contributed by atoms with E-state index in [1.165, 1.54) is 18.2 Å². The second kappa shape index (κ2) is 11.2. The predicted molar refractivity (Wildman–Crippen MR) is 140 cm³/mol. The van der Waals surface area contributed by atoms with Crippen LogP contribution in [0.5, 0.6) is 5.75 Å². The van der Waals surface area contributed by atoms with Gasteiger partial charge in [-0.1, -0.05) is 67.6 Å². The second-order valence-electron chi connectivity index (χ2n) is 8.23. The monoisotopic (exact) mass is 505 g/mol. The maximum Gasteiger partial charge on any atom is 0.573 e. The number of rotatable bonds is 8. The number of alkyl halides is 3. The molecule has 37 heavy (non-hydrogen) atoms. The fourth-order valence-electron chi connectivity index (χ4n) is 4.25. The van der Waals surface area contributed by atoms with Gasteiger partial charge in [0.1, 0.15) is 5.75 Å². The molecule has 0 amide bonds. The van der Waals surface area contributed by atoms with Gasteiger partial charge in [-0.3, -0.25) is 0 Å². The Labute approximate surface area is 213 Å². The van der Waals surface area contributed by atoms with Gasteiger partial charge in [-0.2, -0.15) is 0 Å². The average molecular weight is 506 g/mol. The van der Waals surface area contributed by atoms with Gasteiger partial charge >= 0.3 is 12.3 Å². The molecule has 7 heteroatoms. The average Bonchev–Trinajstić information content (AvgIpc) is 3.30. The van der Waals surface area contributed by atoms with Crippen molar-refractivity contribution < 1.29 is 27.4 Å². The van der Waals surface area contributed by atoms with Gasteiger partial charge in [-0.15, -0.1) is 13.2 Å². The van der Waals surface area contributed by atoms with Crippen molar-refractivity contribution in [2.45, 2.75) is 26.6 Å². The highest BCUT2D eigenvalue weighted by Gasteiger charge is 2.32. The molecule has 0 saturated carbocycles. The van der Waals surface area contributed by atoms with Gasteiger partial charge in [0.2, 0.25) is 0 Å². The lowest BCUT2D eigenvalue weighted by atomic mass is 9.90. The minimum absolute atomic E-state index is 0.255. The highest BCUT2D eigenvalue weighted by atomic mass is 19.4. The van der Waals surface area contributed by atoms with Crippen LogP contribution in [0.25, 0.3) is 28.1 Å². The number of halogens is 3. The van der Waals surface area contributed by atoms with E-state index in [-0.39, 0.29) is 5.75 Å². The molecule has 0 unspecified atom stereocenters. The van der Waals surface area contributed by atoms with Crippen molar-refractivity contribution in [1.82, 2.24) is 4.98 Å². The SMILES string of the molecule is CCOC(=O)/C=C/c1ccc(/C(=C(/CC)c2ccccc2OC(F)(F)F)c2cc3ccccc3[nH]2)cc1. The Morgan fingerprint density at radius 3 is 2.32 bits per heavy atom. The first-order valence-corrected chi connectivity index (χ1v) is 11.9. The minimum atomic E-state index is -4.82. The third kappa shape index (κ3) is 6.30. The molecule has 0 bridgehead atoms. The quantitative estimate of drug-likeness (QED) is 0.150. The third-order valence-electron chi connectivity index (χ3n) is 5.79. The maximum absolute atomic E-state index is 13.2. The van der Waals surface area contributed by atoms with Crippen LogP contribution in [0, 0.1) is 0 Å². The van der Waals surface area contributed by atoms with Gasteiger partial charge in [0.05, 0.1) is 6.61 Å². The van der Waals surface area contributed by atoms with E-state index in [0.29, 0.717) is 24.2 Å². The summed E-state index contributed by atoms with van der Waals surface area (Å²) in [5.41, 5.74) is 5.10. The maximum atomic E-state index is 13.2. The van der Waals surface area contributed by atoms with Crippen LogP contribution in [-0.4, -0.2) is 23.9 Å². The van der Waals surface area contributed by atoms with Gasteiger partial charge in [0.25, 0.3) is 0 Å². The van der Waals surface area contributed by atoms with Crippen LogP contribution < -0.4 is 4.74 Å². The lowest BCUT2D eigenvalue weighted by molar-refractivity contribution is -0.274. The first kappa shape index (κ1) is 25.8. The summed E-state index contributed by atoms with van der Waals surface area (Å²) in [6, 6.07) is 23.4. The summed E-state index contributed by atoms with van der Waals surface area (Å²) in [6.07, 6.45) is -1.35. The Morgan fingerprint density at radius 2 is 1.65 bits per heavy atom. The summed E-state index contributed by atoms with van der Waals surface area (Å²) in [7, 11) is 0. The molecule has 1 heterocycles. The molecule has 4 rings (SSSR count). The molecule has 0 atom stereocenters. The van der Waals surface area contributed by atoms with Gasteiger partial charge in [0.15, 0.2) is 0 Å². The number of esters is 1. The first-order chi connectivity index (χ1) is 17.8. The highest BCUT2D eigenvalue weighted by molar-refractivity contribution is 6.01. The summed E-state index contributed by atoms with van der Waals surface area (Å²) in [4.78, 5) is 15.1. The van der Waals surface area contributed by atoms with E-state index in [2.05, 4.69) is 9.72 Å². The van der Waals surface area contributed by atoms with E-state index >= 15 is 0 Å². The van der Waals surface area contributed by atoms with Gasteiger partial charge < -0.3 is 14.5 Å². The van der Waals surface area contributed by atoms with Crippen LogP contribution in [0.4, 0.5) is 13.2 Å². The molecule has 0 radical (unpaired) electrons. The van der Waals surface area contributed by atoms with Crippen LogP contribution in [0.2, 0.25) is 0 Å². The van der Waals surface area contributed by atoms with Crippen LogP contribution in [0.1, 0.15) is 42.7 Å². The van der Waals surface area contributed by atoms with E-state index in [1.807, 2.05) is 61.5 Å². The van der Waals surface area contributed by atoms with E-state index in [9.17, 15) is 18.0 Å². The van der Waals surface area contributed by atoms with E-state index in [4.69, 9.17) is 4.74 Å². The Kier molecular flexibility index (Phi) is 7.82. The van der Waals surface area contributed by atoms with Crippen molar-refractivity contribution in [3.8, 4) is 5.75 Å². The third-order valence-corrected chi connectivity index (χ3v) is 5.79. The summed E-state index contributed by atoms with van der Waals surface area (Å²) in [6.45, 7) is 3.93. The Bertz CT molecular complexity index is 1410. The molecule has 1 N–H and O–H groups in total. The Balaban J connectivity index is 1.88. The molecule has 1 aromatic heterocycles. The Morgan fingerprint density at radius 1 is 0.946 bits per heavy atom. The zero-order valence-corrected chi connectivity index (χ0v) is 20.4. The topological polar surface area (TPSA) is 51.3 Å². The van der Waals surface area contributed by atoms with Gasteiger partial charge in [0, 0.05) is 33.8 Å². The first-order valence-electron chi connectivity index (χ1n) is 11.9. The largest absolute Gasteiger partial charge is 0.573 e. The number of carbonyl (C=O) groups is 1. The summed E-state index contributed by atoms with van der Waals surface area (Å²) in [5, 5.41) is 0.985. The molecule has 0 saturated heterocycles. The fourth-order valence-corrected chi connectivity index (χ4v) is 4.25. The zero-order valence-electron chi connectivity index (χ0n) is 20.4. The molecule has 4 aromatic rings. The standard InChI is InChI=1S/C30H26F3NO3/c1-3-23(24-10-6-8-12-27(24)37-30(31,32)33)29(26-19-22-9-5-7-11-25(22)34-26)21-16-13-20(14-17-21)15-18-28(35)36-4-2/h5-19,34H,3-4H2,1-2H3/b18-15+,29-23+. The van der Waals surface area contributed by atoms with Crippen molar-refractivity contribution in [1.29, 1.82) is 0 Å². The minimum Gasteiger partial charge on any atom is -0.463 e. The number of aromatic amines is 1. The molecule has 3 aromatic carbocycles. The normalized spacial score (nSPS) is 12.6. The molecule has 0 fully saturated rings. The molecular formula is C30H26F3NO3. The predicted octanol–water partition coefficient (Wildman–Crippen LogP) is 8.01. The lowest BCUT2D eigenvalue weighted by Gasteiger charge is -2.19.